The van der Waals surface area contributed by atoms with E-state index >= 15 is 0 Å². The van der Waals surface area contributed by atoms with Crippen LogP contribution in [0.2, 0.25) is 0 Å². The highest BCUT2D eigenvalue weighted by molar-refractivity contribution is 7.45. The van der Waals surface area contributed by atoms with E-state index in [4.69, 9.17) is 18.5 Å². The van der Waals surface area contributed by atoms with Crippen LogP contribution in [0.15, 0.2) is 97.2 Å². The molecule has 0 aliphatic carbocycles. The van der Waals surface area contributed by atoms with Crippen molar-refractivity contribution < 1.29 is 42.1 Å². The van der Waals surface area contributed by atoms with Crippen molar-refractivity contribution in [2.24, 2.45) is 0 Å². The van der Waals surface area contributed by atoms with Crippen molar-refractivity contribution in [1.82, 2.24) is 0 Å². The number of carbonyl (C=O) groups is 2. The van der Waals surface area contributed by atoms with Crippen LogP contribution in [0.1, 0.15) is 219 Å². The molecule has 0 aromatic carbocycles. The standard InChI is InChI=1S/C60H104NO8P/c1-6-8-10-12-14-16-18-20-22-24-26-28-29-30-31-33-35-37-39-41-43-45-47-49-51-53-60(63)69-58(57-68-70(64,65)67-55-54-61(3,4)5)56-66-59(62)52-50-48-46-44-42-40-38-36-34-32-27-25-23-21-19-17-15-13-11-9-7-2/h8,10,14,16,19-22,25-28,30-31,34,36,58H,6-7,9,11-13,15,17-18,23-24,29,32-33,35,37-57H2,1-5H3/b10-8-,16-14-,21-19-,22-20-,27-25-,28-26-,31-30-,36-34-. The Labute approximate surface area is 430 Å². The Kier molecular flexibility index (Phi) is 48.6. The van der Waals surface area contributed by atoms with E-state index in [0.717, 1.165) is 109 Å². The third-order valence-electron chi connectivity index (χ3n) is 11.6. The van der Waals surface area contributed by atoms with E-state index in [1.807, 2.05) is 21.1 Å². The molecule has 0 aliphatic rings. The van der Waals surface area contributed by atoms with Gasteiger partial charge in [0.05, 0.1) is 27.7 Å². The summed E-state index contributed by atoms with van der Waals surface area (Å²) in [6, 6.07) is 0. The summed E-state index contributed by atoms with van der Waals surface area (Å²) >= 11 is 0. The van der Waals surface area contributed by atoms with Crippen molar-refractivity contribution >= 4 is 19.8 Å². The molecule has 70 heavy (non-hydrogen) atoms. The van der Waals surface area contributed by atoms with Crippen LogP contribution in [0.25, 0.3) is 0 Å². The van der Waals surface area contributed by atoms with Crippen LogP contribution >= 0.6 is 7.82 Å². The third kappa shape index (κ3) is 54.3. The SMILES string of the molecule is CC/C=C\C/C=C\C/C=C\C/C=C\C/C=C\CCCCCCCCCCCC(=O)OC(COC(=O)CCCCCCCC/C=C\C/C=C\C/C=C\CCCCCCC)COP(=O)([O-])OCC[N+](C)(C)C. The fourth-order valence-corrected chi connectivity index (χ4v) is 8.01. The second kappa shape index (κ2) is 50.9. The van der Waals surface area contributed by atoms with Crippen LogP contribution in [-0.4, -0.2) is 70.0 Å². The average molecular weight is 998 g/mol. The molecule has 9 nitrogen and oxygen atoms in total. The molecule has 0 fully saturated rings. The molecule has 0 bridgehead atoms. The number of carbonyl (C=O) groups excluding carboxylic acids is 2. The Morgan fingerprint density at radius 1 is 0.457 bits per heavy atom. The fraction of sp³-hybridized carbons (Fsp3) is 0.700. The molecule has 0 heterocycles. The Morgan fingerprint density at radius 3 is 1.21 bits per heavy atom. The predicted molar refractivity (Wildman–Crippen MR) is 295 cm³/mol. The zero-order valence-corrected chi connectivity index (χ0v) is 46.3. The van der Waals surface area contributed by atoms with Gasteiger partial charge >= 0.3 is 11.9 Å². The lowest BCUT2D eigenvalue weighted by molar-refractivity contribution is -0.870. The van der Waals surface area contributed by atoms with E-state index in [-0.39, 0.29) is 26.1 Å². The van der Waals surface area contributed by atoms with Gasteiger partial charge in [-0.3, -0.25) is 14.2 Å². The Balaban J connectivity index is 4.26. The maximum Gasteiger partial charge on any atom is 0.306 e. The number of rotatable bonds is 50. The quantitative estimate of drug-likeness (QED) is 0.0195. The average Bonchev–Trinajstić information content (AvgIpc) is 3.32. The molecule has 0 spiro atoms. The highest BCUT2D eigenvalue weighted by Crippen LogP contribution is 2.38. The van der Waals surface area contributed by atoms with E-state index in [0.29, 0.717) is 23.9 Å². The van der Waals surface area contributed by atoms with Gasteiger partial charge in [0.15, 0.2) is 6.10 Å². The first kappa shape index (κ1) is 66.9. The molecular weight excluding hydrogens is 894 g/mol. The minimum Gasteiger partial charge on any atom is -0.756 e. The zero-order valence-electron chi connectivity index (χ0n) is 45.4. The van der Waals surface area contributed by atoms with E-state index in [9.17, 15) is 19.0 Å². The molecule has 2 unspecified atom stereocenters. The van der Waals surface area contributed by atoms with Gasteiger partial charge in [-0.1, -0.05) is 207 Å². The summed E-state index contributed by atoms with van der Waals surface area (Å²) in [5.74, 6) is -0.859. The topological polar surface area (TPSA) is 111 Å². The zero-order chi connectivity index (χ0) is 51.3. The van der Waals surface area contributed by atoms with Gasteiger partial charge in [0.2, 0.25) is 0 Å². The molecule has 0 aromatic rings. The molecule has 0 saturated heterocycles. The van der Waals surface area contributed by atoms with Crippen molar-refractivity contribution in [1.29, 1.82) is 0 Å². The van der Waals surface area contributed by atoms with E-state index in [1.165, 1.54) is 70.6 Å². The first-order valence-corrected chi connectivity index (χ1v) is 29.4. The fourth-order valence-electron chi connectivity index (χ4n) is 7.28. The summed E-state index contributed by atoms with van der Waals surface area (Å²) in [5, 5.41) is 0. The van der Waals surface area contributed by atoms with Crippen molar-refractivity contribution in [3.8, 4) is 0 Å². The molecule has 0 aliphatic heterocycles. The van der Waals surface area contributed by atoms with E-state index in [2.05, 4.69) is 111 Å². The molecule has 402 valence electrons. The number of likely N-dealkylation sites (N-methyl/N-ethyl adjacent to an activating group) is 1. The molecule has 2 atom stereocenters. The molecule has 0 rings (SSSR count). The van der Waals surface area contributed by atoms with Gasteiger partial charge < -0.3 is 27.9 Å². The molecule has 0 radical (unpaired) electrons. The van der Waals surface area contributed by atoms with E-state index in [1.54, 1.807) is 0 Å². The minimum absolute atomic E-state index is 0.0395. The molecule has 10 heteroatoms. The highest BCUT2D eigenvalue weighted by atomic mass is 31.2. The number of hydrogen-bond acceptors (Lipinski definition) is 8. The summed E-state index contributed by atoms with van der Waals surface area (Å²) in [4.78, 5) is 37.8. The smallest absolute Gasteiger partial charge is 0.306 e. The van der Waals surface area contributed by atoms with Crippen molar-refractivity contribution in [3.05, 3.63) is 97.2 Å². The molecule has 0 saturated carbocycles. The molecule has 0 N–H and O–H groups in total. The number of allylic oxidation sites excluding steroid dienone is 16. The lowest BCUT2D eigenvalue weighted by Crippen LogP contribution is -2.37. The Morgan fingerprint density at radius 2 is 0.814 bits per heavy atom. The number of quaternary nitrogens is 1. The largest absolute Gasteiger partial charge is 0.756 e. The summed E-state index contributed by atoms with van der Waals surface area (Å²) < 4.78 is 34.1. The number of unbranched alkanes of at least 4 members (excludes halogenated alkanes) is 20. The first-order valence-electron chi connectivity index (χ1n) is 27.9. The van der Waals surface area contributed by atoms with Crippen LogP contribution in [0.3, 0.4) is 0 Å². The van der Waals surface area contributed by atoms with E-state index < -0.39 is 32.5 Å². The first-order chi connectivity index (χ1) is 34.0. The van der Waals surface area contributed by atoms with Gasteiger partial charge in [0, 0.05) is 12.8 Å². The predicted octanol–water partition coefficient (Wildman–Crippen LogP) is 16.6. The summed E-state index contributed by atoms with van der Waals surface area (Å²) in [7, 11) is 1.14. The number of esters is 2. The summed E-state index contributed by atoms with van der Waals surface area (Å²) in [6.45, 7) is 4.09. The van der Waals surface area contributed by atoms with Crippen LogP contribution in [0.4, 0.5) is 0 Å². The van der Waals surface area contributed by atoms with Crippen LogP contribution < -0.4 is 4.89 Å². The Bertz CT molecular complexity index is 1500. The monoisotopic (exact) mass is 998 g/mol. The van der Waals surface area contributed by atoms with Gasteiger partial charge in [-0.25, -0.2) is 0 Å². The summed E-state index contributed by atoms with van der Waals surface area (Å²) in [5.41, 5.74) is 0. The van der Waals surface area contributed by atoms with Gasteiger partial charge in [-0.2, -0.15) is 0 Å². The summed E-state index contributed by atoms with van der Waals surface area (Å²) in [6.07, 6.45) is 68.6. The van der Waals surface area contributed by atoms with Crippen LogP contribution in [0.5, 0.6) is 0 Å². The lowest BCUT2D eigenvalue weighted by Gasteiger charge is -2.28. The number of nitrogens with zero attached hydrogens (tertiary/aromatic N) is 1. The number of ether oxygens (including phenoxy) is 2. The third-order valence-corrected chi connectivity index (χ3v) is 12.6. The second-order valence-electron chi connectivity index (χ2n) is 19.6. The highest BCUT2D eigenvalue weighted by Gasteiger charge is 2.21. The van der Waals surface area contributed by atoms with Gasteiger partial charge in [0.25, 0.3) is 7.82 Å². The maximum absolute atomic E-state index is 12.8. The van der Waals surface area contributed by atoms with Crippen molar-refractivity contribution in [2.75, 3.05) is 47.5 Å². The van der Waals surface area contributed by atoms with Gasteiger partial charge in [0.1, 0.15) is 19.8 Å². The Hall–Kier alpha value is -3.07. The molecule has 0 aromatic heterocycles. The molecule has 0 amide bonds. The van der Waals surface area contributed by atoms with Crippen LogP contribution in [0, 0.1) is 0 Å². The minimum atomic E-state index is -4.65. The number of phosphoric ester groups is 1. The van der Waals surface area contributed by atoms with Gasteiger partial charge in [-0.05, 0) is 96.3 Å². The molecular formula is C60H104NO8P. The second-order valence-corrected chi connectivity index (χ2v) is 21.0. The van der Waals surface area contributed by atoms with Crippen molar-refractivity contribution in [3.63, 3.8) is 0 Å². The number of hydrogen-bond donors (Lipinski definition) is 0. The lowest BCUT2D eigenvalue weighted by atomic mass is 10.1. The maximum atomic E-state index is 12.8. The van der Waals surface area contributed by atoms with Crippen LogP contribution in [-0.2, 0) is 32.7 Å². The van der Waals surface area contributed by atoms with Gasteiger partial charge in [-0.15, -0.1) is 0 Å². The normalized spacial score (nSPS) is 14.1. The number of phosphoric acid groups is 1. The van der Waals surface area contributed by atoms with Crippen molar-refractivity contribution in [2.45, 2.75) is 225 Å².